The Labute approximate surface area is 124 Å². The van der Waals surface area contributed by atoms with E-state index in [9.17, 15) is 14.4 Å². The van der Waals surface area contributed by atoms with Gasteiger partial charge in [-0.05, 0) is 26.3 Å². The quantitative estimate of drug-likeness (QED) is 0.543. The van der Waals surface area contributed by atoms with Crippen LogP contribution in [-0.4, -0.2) is 55.6 Å². The number of ether oxygens (including phenoxy) is 1. The molecule has 1 unspecified atom stereocenters. The molecule has 0 radical (unpaired) electrons. The number of esters is 1. The Morgan fingerprint density at radius 2 is 2.19 bits per heavy atom. The van der Waals surface area contributed by atoms with Crippen molar-refractivity contribution < 1.29 is 19.1 Å². The Bertz CT molecular complexity index is 398. The van der Waals surface area contributed by atoms with Crippen molar-refractivity contribution in [1.29, 1.82) is 0 Å². The maximum atomic E-state index is 11.7. The zero-order valence-electron chi connectivity index (χ0n) is 12.4. The molecule has 0 spiro atoms. The standard InChI is InChI=1S/C14H23N3O4/c1-3-7-15-14(20)16-12(18)10-17-8-5-6-11(9-17)13(19)21-4-2/h3,11H,1,4-10H2,2H3,(H2,15,16,18,20). The fourth-order valence-corrected chi connectivity index (χ4v) is 2.23. The van der Waals surface area contributed by atoms with E-state index in [2.05, 4.69) is 17.2 Å². The number of rotatable bonds is 6. The summed E-state index contributed by atoms with van der Waals surface area (Å²) in [5.74, 6) is -0.798. The summed E-state index contributed by atoms with van der Waals surface area (Å²) in [5.41, 5.74) is 0. The van der Waals surface area contributed by atoms with Crippen molar-refractivity contribution in [3.63, 3.8) is 0 Å². The maximum Gasteiger partial charge on any atom is 0.321 e. The molecular weight excluding hydrogens is 274 g/mol. The van der Waals surface area contributed by atoms with Crippen molar-refractivity contribution in [2.24, 2.45) is 5.92 Å². The van der Waals surface area contributed by atoms with Crippen molar-refractivity contribution in [2.75, 3.05) is 32.8 Å². The summed E-state index contributed by atoms with van der Waals surface area (Å²) < 4.78 is 5.00. The van der Waals surface area contributed by atoms with Gasteiger partial charge in [0.05, 0.1) is 19.1 Å². The minimum absolute atomic E-state index is 0.0947. The van der Waals surface area contributed by atoms with E-state index in [1.165, 1.54) is 6.08 Å². The van der Waals surface area contributed by atoms with Gasteiger partial charge in [-0.2, -0.15) is 0 Å². The molecule has 0 aromatic heterocycles. The molecule has 1 aliphatic rings. The largest absolute Gasteiger partial charge is 0.466 e. The first-order chi connectivity index (χ1) is 10.1. The topological polar surface area (TPSA) is 87.7 Å². The summed E-state index contributed by atoms with van der Waals surface area (Å²) in [6.45, 7) is 7.21. The molecule has 7 heteroatoms. The first-order valence-electron chi connectivity index (χ1n) is 7.14. The third kappa shape index (κ3) is 6.40. The van der Waals surface area contributed by atoms with Crippen LogP contribution in [0.15, 0.2) is 12.7 Å². The van der Waals surface area contributed by atoms with E-state index in [1.807, 2.05) is 4.90 Å². The molecule has 1 heterocycles. The third-order valence-electron chi connectivity index (χ3n) is 3.15. The number of urea groups is 1. The minimum Gasteiger partial charge on any atom is -0.466 e. The third-order valence-corrected chi connectivity index (χ3v) is 3.15. The lowest BCUT2D eigenvalue weighted by molar-refractivity contribution is -0.150. The molecule has 1 aliphatic heterocycles. The van der Waals surface area contributed by atoms with Crippen LogP contribution in [0.5, 0.6) is 0 Å². The van der Waals surface area contributed by atoms with E-state index in [-0.39, 0.29) is 24.3 Å². The number of imide groups is 1. The van der Waals surface area contributed by atoms with E-state index in [1.54, 1.807) is 6.92 Å². The lowest BCUT2D eigenvalue weighted by atomic mass is 9.98. The van der Waals surface area contributed by atoms with Gasteiger partial charge in [-0.1, -0.05) is 6.08 Å². The molecule has 1 fully saturated rings. The van der Waals surface area contributed by atoms with Crippen LogP contribution in [0.4, 0.5) is 4.79 Å². The number of likely N-dealkylation sites (tertiary alicyclic amines) is 1. The number of nitrogens with one attached hydrogen (secondary N) is 2. The highest BCUT2D eigenvalue weighted by molar-refractivity contribution is 5.95. The molecule has 7 nitrogen and oxygen atoms in total. The van der Waals surface area contributed by atoms with Gasteiger partial charge in [-0.15, -0.1) is 6.58 Å². The summed E-state index contributed by atoms with van der Waals surface area (Å²) in [7, 11) is 0. The second kappa shape index (κ2) is 9.12. The van der Waals surface area contributed by atoms with Gasteiger partial charge in [0.15, 0.2) is 0 Å². The fraction of sp³-hybridized carbons (Fsp3) is 0.643. The fourth-order valence-electron chi connectivity index (χ4n) is 2.23. The molecule has 1 atom stereocenters. The number of carbonyl (C=O) groups excluding carboxylic acids is 3. The molecule has 21 heavy (non-hydrogen) atoms. The van der Waals surface area contributed by atoms with Gasteiger partial charge in [0.25, 0.3) is 0 Å². The van der Waals surface area contributed by atoms with Crippen LogP contribution in [0.3, 0.4) is 0 Å². The second-order valence-electron chi connectivity index (χ2n) is 4.87. The number of hydrogen-bond donors (Lipinski definition) is 2. The Morgan fingerprint density at radius 1 is 1.43 bits per heavy atom. The van der Waals surface area contributed by atoms with Crippen molar-refractivity contribution in [3.05, 3.63) is 12.7 Å². The van der Waals surface area contributed by atoms with E-state index in [4.69, 9.17) is 4.74 Å². The molecule has 0 bridgehead atoms. The Kier molecular flexibility index (Phi) is 7.45. The van der Waals surface area contributed by atoms with Gasteiger partial charge in [0.2, 0.25) is 5.91 Å². The van der Waals surface area contributed by atoms with Gasteiger partial charge in [0.1, 0.15) is 0 Å². The van der Waals surface area contributed by atoms with Crippen LogP contribution in [0.25, 0.3) is 0 Å². The average molecular weight is 297 g/mol. The Balaban J connectivity index is 2.36. The summed E-state index contributed by atoms with van der Waals surface area (Å²) in [6.07, 6.45) is 3.13. The minimum atomic E-state index is -0.543. The average Bonchev–Trinajstić information content (AvgIpc) is 2.45. The van der Waals surface area contributed by atoms with E-state index in [0.29, 0.717) is 19.7 Å². The van der Waals surface area contributed by atoms with Gasteiger partial charge in [0, 0.05) is 13.1 Å². The smallest absolute Gasteiger partial charge is 0.321 e. The van der Waals surface area contributed by atoms with Crippen LogP contribution in [0.2, 0.25) is 0 Å². The number of hydrogen-bond acceptors (Lipinski definition) is 5. The summed E-state index contributed by atoms with van der Waals surface area (Å²) >= 11 is 0. The Morgan fingerprint density at radius 3 is 2.86 bits per heavy atom. The number of nitrogens with zero attached hydrogens (tertiary/aromatic N) is 1. The first-order valence-corrected chi connectivity index (χ1v) is 7.14. The molecule has 0 aromatic rings. The molecule has 0 aliphatic carbocycles. The van der Waals surface area contributed by atoms with Gasteiger partial charge < -0.3 is 10.1 Å². The van der Waals surface area contributed by atoms with E-state index < -0.39 is 6.03 Å². The molecule has 1 rings (SSSR count). The normalized spacial score (nSPS) is 18.6. The van der Waals surface area contributed by atoms with Crippen LogP contribution in [0.1, 0.15) is 19.8 Å². The lowest BCUT2D eigenvalue weighted by Crippen LogP contribution is -2.47. The molecule has 1 saturated heterocycles. The maximum absolute atomic E-state index is 11.7. The van der Waals surface area contributed by atoms with Crippen molar-refractivity contribution >= 4 is 17.9 Å². The van der Waals surface area contributed by atoms with Gasteiger partial charge in [-0.25, -0.2) is 4.79 Å². The summed E-state index contributed by atoms with van der Waals surface area (Å²) in [4.78, 5) is 36.6. The highest BCUT2D eigenvalue weighted by Crippen LogP contribution is 2.17. The number of amides is 3. The number of carbonyl (C=O) groups is 3. The highest BCUT2D eigenvalue weighted by Gasteiger charge is 2.27. The molecule has 0 saturated carbocycles. The predicted octanol–water partition coefficient (Wildman–Crippen LogP) is 0.273. The van der Waals surface area contributed by atoms with Crippen LogP contribution in [0, 0.1) is 5.92 Å². The molecule has 0 aromatic carbocycles. The SMILES string of the molecule is C=CCNC(=O)NC(=O)CN1CCCC(C(=O)OCC)C1. The van der Waals surface area contributed by atoms with Crippen LogP contribution >= 0.6 is 0 Å². The predicted molar refractivity (Wildman–Crippen MR) is 77.5 cm³/mol. The second-order valence-corrected chi connectivity index (χ2v) is 4.87. The monoisotopic (exact) mass is 297 g/mol. The lowest BCUT2D eigenvalue weighted by Gasteiger charge is -2.30. The number of piperidine rings is 1. The molecule has 2 N–H and O–H groups in total. The van der Waals surface area contributed by atoms with Crippen molar-refractivity contribution in [3.8, 4) is 0 Å². The van der Waals surface area contributed by atoms with Gasteiger partial charge >= 0.3 is 12.0 Å². The summed E-state index contributed by atoms with van der Waals surface area (Å²) in [5, 5.41) is 4.70. The molecular formula is C14H23N3O4. The zero-order valence-corrected chi connectivity index (χ0v) is 12.4. The Hall–Kier alpha value is -1.89. The van der Waals surface area contributed by atoms with Crippen LogP contribution < -0.4 is 10.6 Å². The highest BCUT2D eigenvalue weighted by atomic mass is 16.5. The van der Waals surface area contributed by atoms with E-state index in [0.717, 1.165) is 19.4 Å². The van der Waals surface area contributed by atoms with Crippen LogP contribution in [-0.2, 0) is 14.3 Å². The van der Waals surface area contributed by atoms with Gasteiger partial charge in [-0.3, -0.25) is 19.8 Å². The molecule has 3 amide bonds. The zero-order chi connectivity index (χ0) is 15.7. The van der Waals surface area contributed by atoms with E-state index >= 15 is 0 Å². The van der Waals surface area contributed by atoms with Crippen molar-refractivity contribution in [2.45, 2.75) is 19.8 Å². The first kappa shape index (κ1) is 17.2. The van der Waals surface area contributed by atoms with Crippen molar-refractivity contribution in [1.82, 2.24) is 15.5 Å². The molecule has 118 valence electrons. The summed E-state index contributed by atoms with van der Waals surface area (Å²) in [6, 6.07) is -0.543.